The molecule has 96 valence electrons. The maximum Gasteiger partial charge on any atom is 0.132 e. The lowest BCUT2D eigenvalue weighted by molar-refractivity contribution is 0.815. The summed E-state index contributed by atoms with van der Waals surface area (Å²) in [6.07, 6.45) is 1.96. The van der Waals surface area contributed by atoms with Crippen molar-refractivity contribution in [1.29, 1.82) is 0 Å². The molecule has 3 nitrogen and oxygen atoms in total. The lowest BCUT2D eigenvalue weighted by atomic mass is 10.2. The van der Waals surface area contributed by atoms with Crippen LogP contribution in [0, 0.1) is 0 Å². The summed E-state index contributed by atoms with van der Waals surface area (Å²) >= 11 is 5.14. The Morgan fingerprint density at radius 3 is 2.94 bits per heavy atom. The maximum atomic E-state index is 4.52. The number of nitrogens with one attached hydrogen (secondary N) is 1. The van der Waals surface area contributed by atoms with Crippen LogP contribution in [-0.4, -0.2) is 9.97 Å². The van der Waals surface area contributed by atoms with E-state index >= 15 is 0 Å². The predicted octanol–water partition coefficient (Wildman–Crippen LogP) is 4.43. The van der Waals surface area contributed by atoms with Gasteiger partial charge in [0.15, 0.2) is 0 Å². The van der Waals surface area contributed by atoms with Crippen molar-refractivity contribution in [2.75, 3.05) is 5.32 Å². The average molecular weight is 326 g/mol. The second kappa shape index (κ2) is 6.29. The Kier molecular flexibility index (Phi) is 4.72. The van der Waals surface area contributed by atoms with Crippen LogP contribution >= 0.6 is 27.3 Å². The van der Waals surface area contributed by atoms with Crippen molar-refractivity contribution in [3.63, 3.8) is 0 Å². The van der Waals surface area contributed by atoms with Crippen LogP contribution in [0.2, 0.25) is 0 Å². The molecule has 0 saturated carbocycles. The van der Waals surface area contributed by atoms with Gasteiger partial charge in [-0.1, -0.05) is 6.92 Å². The van der Waals surface area contributed by atoms with Gasteiger partial charge in [-0.2, -0.15) is 11.3 Å². The number of hydrogen-bond donors (Lipinski definition) is 1. The first-order chi connectivity index (χ1) is 8.69. The molecule has 0 fully saturated rings. The van der Waals surface area contributed by atoms with Gasteiger partial charge in [0.1, 0.15) is 16.2 Å². The van der Waals surface area contributed by atoms with Gasteiger partial charge in [-0.15, -0.1) is 0 Å². The van der Waals surface area contributed by atoms with E-state index in [1.807, 2.05) is 6.07 Å². The second-order valence-corrected chi connectivity index (χ2v) is 5.76. The minimum absolute atomic E-state index is 0.257. The molecular formula is C13H16BrN3S. The molecule has 0 amide bonds. The third-order valence-electron chi connectivity index (χ3n) is 2.62. The van der Waals surface area contributed by atoms with Gasteiger partial charge in [-0.25, -0.2) is 9.97 Å². The number of aromatic nitrogens is 2. The van der Waals surface area contributed by atoms with Crippen LogP contribution < -0.4 is 5.32 Å². The highest BCUT2D eigenvalue weighted by Gasteiger charge is 2.08. The molecule has 1 unspecified atom stereocenters. The fourth-order valence-electron chi connectivity index (χ4n) is 1.70. The molecule has 18 heavy (non-hydrogen) atoms. The molecule has 2 aromatic heterocycles. The quantitative estimate of drug-likeness (QED) is 0.826. The standard InChI is InChI=1S/C13H16BrN3S/c1-3-4-12-16-11(14)7-13(17-12)15-9(2)10-5-6-18-8-10/h5-9H,3-4H2,1-2H3,(H,15,16,17). The monoisotopic (exact) mass is 325 g/mol. The SMILES string of the molecule is CCCc1nc(Br)cc(NC(C)c2ccsc2)n1. The molecule has 2 heterocycles. The zero-order valence-electron chi connectivity index (χ0n) is 10.5. The molecular weight excluding hydrogens is 310 g/mol. The summed E-state index contributed by atoms with van der Waals surface area (Å²) in [6, 6.07) is 4.31. The van der Waals surface area contributed by atoms with Gasteiger partial charge in [0.2, 0.25) is 0 Å². The Balaban J connectivity index is 2.13. The van der Waals surface area contributed by atoms with Gasteiger partial charge >= 0.3 is 0 Å². The molecule has 2 aromatic rings. The number of hydrogen-bond acceptors (Lipinski definition) is 4. The van der Waals surface area contributed by atoms with Crippen LogP contribution in [0.5, 0.6) is 0 Å². The number of halogens is 1. The summed E-state index contributed by atoms with van der Waals surface area (Å²) in [7, 11) is 0. The van der Waals surface area contributed by atoms with E-state index in [-0.39, 0.29) is 6.04 Å². The van der Waals surface area contributed by atoms with Crippen molar-refractivity contribution in [2.45, 2.75) is 32.7 Å². The van der Waals surface area contributed by atoms with Gasteiger partial charge in [0.25, 0.3) is 0 Å². The molecule has 0 saturated heterocycles. The summed E-state index contributed by atoms with van der Waals surface area (Å²) in [4.78, 5) is 8.89. The number of nitrogens with zero attached hydrogens (tertiary/aromatic N) is 2. The van der Waals surface area contributed by atoms with Crippen LogP contribution in [-0.2, 0) is 6.42 Å². The summed E-state index contributed by atoms with van der Waals surface area (Å²) in [5.74, 6) is 1.76. The minimum Gasteiger partial charge on any atom is -0.363 e. The molecule has 1 N–H and O–H groups in total. The Morgan fingerprint density at radius 2 is 2.28 bits per heavy atom. The molecule has 5 heteroatoms. The summed E-state index contributed by atoms with van der Waals surface area (Å²) < 4.78 is 0.834. The van der Waals surface area contributed by atoms with Gasteiger partial charge in [0.05, 0.1) is 6.04 Å². The first-order valence-corrected chi connectivity index (χ1v) is 7.74. The third kappa shape index (κ3) is 3.53. The molecule has 2 rings (SSSR count). The molecule has 0 aromatic carbocycles. The highest BCUT2D eigenvalue weighted by atomic mass is 79.9. The van der Waals surface area contributed by atoms with E-state index in [2.05, 4.69) is 61.9 Å². The highest BCUT2D eigenvalue weighted by molar-refractivity contribution is 9.10. The average Bonchev–Trinajstić information content (AvgIpc) is 2.81. The first-order valence-electron chi connectivity index (χ1n) is 6.01. The molecule has 0 radical (unpaired) electrons. The number of aryl methyl sites for hydroxylation is 1. The van der Waals surface area contributed by atoms with Crippen LogP contribution in [0.3, 0.4) is 0 Å². The van der Waals surface area contributed by atoms with E-state index in [0.717, 1.165) is 29.1 Å². The lowest BCUT2D eigenvalue weighted by Gasteiger charge is -2.14. The van der Waals surface area contributed by atoms with Crippen molar-refractivity contribution in [3.8, 4) is 0 Å². The molecule has 0 bridgehead atoms. The fourth-order valence-corrected chi connectivity index (χ4v) is 2.88. The van der Waals surface area contributed by atoms with Gasteiger partial charge < -0.3 is 5.32 Å². The zero-order chi connectivity index (χ0) is 13.0. The maximum absolute atomic E-state index is 4.52. The Morgan fingerprint density at radius 1 is 1.44 bits per heavy atom. The number of thiophene rings is 1. The van der Waals surface area contributed by atoms with E-state index in [0.29, 0.717) is 0 Å². The van der Waals surface area contributed by atoms with Crippen LogP contribution in [0.25, 0.3) is 0 Å². The third-order valence-corrected chi connectivity index (χ3v) is 3.73. The van der Waals surface area contributed by atoms with Crippen LogP contribution in [0.1, 0.15) is 37.7 Å². The van der Waals surface area contributed by atoms with Gasteiger partial charge in [-0.3, -0.25) is 0 Å². The van der Waals surface area contributed by atoms with E-state index in [9.17, 15) is 0 Å². The normalized spacial score (nSPS) is 12.4. The second-order valence-electron chi connectivity index (χ2n) is 4.16. The van der Waals surface area contributed by atoms with E-state index in [4.69, 9.17) is 0 Å². The summed E-state index contributed by atoms with van der Waals surface area (Å²) in [5.41, 5.74) is 1.28. The number of anilines is 1. The molecule has 0 spiro atoms. The topological polar surface area (TPSA) is 37.8 Å². The molecule has 0 aliphatic carbocycles. The van der Waals surface area contributed by atoms with Crippen LogP contribution in [0.4, 0.5) is 5.82 Å². The van der Waals surface area contributed by atoms with Gasteiger partial charge in [-0.05, 0) is 51.7 Å². The highest BCUT2D eigenvalue weighted by Crippen LogP contribution is 2.21. The summed E-state index contributed by atoms with van der Waals surface area (Å²) in [5, 5.41) is 7.65. The Hall–Kier alpha value is -0.940. The van der Waals surface area contributed by atoms with Crippen molar-refractivity contribution in [1.82, 2.24) is 9.97 Å². The fraction of sp³-hybridized carbons (Fsp3) is 0.385. The van der Waals surface area contributed by atoms with E-state index in [1.54, 1.807) is 11.3 Å². The molecule has 0 aliphatic heterocycles. The smallest absolute Gasteiger partial charge is 0.132 e. The van der Waals surface area contributed by atoms with Crippen molar-refractivity contribution in [3.05, 3.63) is 38.9 Å². The van der Waals surface area contributed by atoms with E-state index in [1.165, 1.54) is 5.56 Å². The van der Waals surface area contributed by atoms with Crippen molar-refractivity contribution < 1.29 is 0 Å². The first kappa shape index (κ1) is 13.5. The van der Waals surface area contributed by atoms with E-state index < -0.39 is 0 Å². The number of rotatable bonds is 5. The zero-order valence-corrected chi connectivity index (χ0v) is 12.9. The Labute approximate surface area is 120 Å². The van der Waals surface area contributed by atoms with Crippen molar-refractivity contribution in [2.24, 2.45) is 0 Å². The molecule has 1 atom stereocenters. The predicted molar refractivity (Wildman–Crippen MR) is 80.1 cm³/mol. The molecule has 0 aliphatic rings. The summed E-state index contributed by atoms with van der Waals surface area (Å²) in [6.45, 7) is 4.27. The van der Waals surface area contributed by atoms with Crippen LogP contribution in [0.15, 0.2) is 27.5 Å². The van der Waals surface area contributed by atoms with Crippen molar-refractivity contribution >= 4 is 33.1 Å². The minimum atomic E-state index is 0.257. The lowest BCUT2D eigenvalue weighted by Crippen LogP contribution is -2.09. The Bertz CT molecular complexity index is 499. The van der Waals surface area contributed by atoms with Gasteiger partial charge in [0, 0.05) is 12.5 Å². The largest absolute Gasteiger partial charge is 0.363 e.